The number of nitro groups is 1. The van der Waals surface area contributed by atoms with Crippen molar-refractivity contribution >= 4 is 29.1 Å². The average molecular weight is 459 g/mol. The number of nitro benzene ring substituents is 1. The lowest BCUT2D eigenvalue weighted by molar-refractivity contribution is -0.384. The van der Waals surface area contributed by atoms with Gasteiger partial charge in [0.05, 0.1) is 22.7 Å². The Labute approximate surface area is 185 Å². The van der Waals surface area contributed by atoms with Gasteiger partial charge in [-0.1, -0.05) is 23.4 Å². The highest BCUT2D eigenvalue weighted by Gasteiger charge is 2.16. The van der Waals surface area contributed by atoms with Crippen LogP contribution in [-0.4, -0.2) is 28.3 Å². The number of nitrogens with one attached hydrogen (secondary N) is 1. The summed E-state index contributed by atoms with van der Waals surface area (Å²) in [5, 5.41) is 20.7. The molecule has 1 N–H and O–H groups in total. The topological polar surface area (TPSA) is 131 Å². The minimum atomic E-state index is -0.549. The quantitative estimate of drug-likeness (QED) is 0.241. The van der Waals surface area contributed by atoms with Gasteiger partial charge in [0.1, 0.15) is 29.7 Å². The first-order chi connectivity index (χ1) is 14.9. The number of aromatic nitrogens is 2. The summed E-state index contributed by atoms with van der Waals surface area (Å²) in [6.07, 6.45) is 1.76. The summed E-state index contributed by atoms with van der Waals surface area (Å²) in [6.45, 7) is 0.0228. The predicted octanol–water partition coefficient (Wildman–Crippen LogP) is 4.18. The molecule has 0 aliphatic heterocycles. The molecule has 1 aromatic heterocycles. The molecule has 1 heterocycles. The van der Waals surface area contributed by atoms with Crippen molar-refractivity contribution in [2.75, 3.05) is 13.4 Å². The van der Waals surface area contributed by atoms with E-state index in [4.69, 9.17) is 21.1 Å². The Balaban J connectivity index is 1.98. The van der Waals surface area contributed by atoms with Gasteiger partial charge in [0.15, 0.2) is 5.16 Å². The van der Waals surface area contributed by atoms with Crippen LogP contribution in [0, 0.1) is 21.4 Å². The molecule has 9 nitrogen and oxygen atoms in total. The molecule has 0 spiro atoms. The number of aromatic amines is 1. The van der Waals surface area contributed by atoms with E-state index in [1.807, 2.05) is 6.07 Å². The van der Waals surface area contributed by atoms with Gasteiger partial charge in [-0.15, -0.1) is 0 Å². The summed E-state index contributed by atoms with van der Waals surface area (Å²) < 4.78 is 11.1. The molecule has 3 rings (SSSR count). The van der Waals surface area contributed by atoms with Crippen LogP contribution in [0.15, 0.2) is 46.3 Å². The van der Waals surface area contributed by atoms with Crippen molar-refractivity contribution < 1.29 is 14.4 Å². The van der Waals surface area contributed by atoms with Crippen LogP contribution in [0.1, 0.15) is 11.1 Å². The molecule has 0 atom stereocenters. The maximum Gasteiger partial charge on any atom is 0.271 e. The van der Waals surface area contributed by atoms with E-state index in [1.165, 1.54) is 37.1 Å². The van der Waals surface area contributed by atoms with Gasteiger partial charge in [-0.25, -0.2) is 4.98 Å². The van der Waals surface area contributed by atoms with Gasteiger partial charge in [-0.2, -0.15) is 5.26 Å². The van der Waals surface area contributed by atoms with E-state index in [0.29, 0.717) is 22.0 Å². The maximum absolute atomic E-state index is 12.2. The molecule has 0 aliphatic rings. The van der Waals surface area contributed by atoms with Crippen molar-refractivity contribution in [1.29, 1.82) is 5.26 Å². The summed E-state index contributed by atoms with van der Waals surface area (Å²) in [7, 11) is 1.50. The number of nitrogens with zero attached hydrogens (tertiary/aromatic N) is 3. The standard InChI is InChI=1S/C20H15ClN4O5S/c1-29-16-5-3-11(18-14(9-22)19(26)24-20(23-18)31-2)7-12(16)10-30-17-6-4-13(25(27)28)8-15(17)21/h3-8H,10H2,1-2H3,(H,23,24,26). The van der Waals surface area contributed by atoms with Crippen LogP contribution in [0.3, 0.4) is 0 Å². The van der Waals surface area contributed by atoms with Crippen molar-refractivity contribution in [1.82, 2.24) is 9.97 Å². The third kappa shape index (κ3) is 4.79. The fourth-order valence-corrected chi connectivity index (χ4v) is 3.38. The largest absolute Gasteiger partial charge is 0.496 e. The molecular formula is C20H15ClN4O5S. The number of non-ortho nitro benzene ring substituents is 1. The molecule has 2 aromatic carbocycles. The maximum atomic E-state index is 12.2. The van der Waals surface area contributed by atoms with E-state index in [2.05, 4.69) is 9.97 Å². The van der Waals surface area contributed by atoms with Crippen LogP contribution >= 0.6 is 23.4 Å². The number of hydrogen-bond acceptors (Lipinski definition) is 8. The summed E-state index contributed by atoms with van der Waals surface area (Å²) in [4.78, 5) is 29.4. The van der Waals surface area contributed by atoms with Gasteiger partial charge < -0.3 is 14.5 Å². The van der Waals surface area contributed by atoms with E-state index >= 15 is 0 Å². The van der Waals surface area contributed by atoms with Gasteiger partial charge in [0.2, 0.25) is 0 Å². The Morgan fingerprint density at radius 1 is 1.29 bits per heavy atom. The van der Waals surface area contributed by atoms with Crippen LogP contribution < -0.4 is 15.0 Å². The number of H-pyrrole nitrogens is 1. The third-order valence-electron chi connectivity index (χ3n) is 4.27. The van der Waals surface area contributed by atoms with E-state index in [9.17, 15) is 20.2 Å². The van der Waals surface area contributed by atoms with Gasteiger partial charge >= 0.3 is 0 Å². The van der Waals surface area contributed by atoms with Crippen molar-refractivity contribution in [3.8, 4) is 28.8 Å². The molecule has 0 bridgehead atoms. The molecule has 158 valence electrons. The van der Waals surface area contributed by atoms with Gasteiger partial charge in [0.25, 0.3) is 11.2 Å². The first kappa shape index (κ1) is 22.1. The summed E-state index contributed by atoms with van der Waals surface area (Å²) in [6, 6.07) is 10.9. The molecule has 11 heteroatoms. The van der Waals surface area contributed by atoms with Gasteiger partial charge in [-0.3, -0.25) is 14.9 Å². The predicted molar refractivity (Wildman–Crippen MR) is 116 cm³/mol. The molecule has 0 aliphatic carbocycles. The number of hydrogen-bond donors (Lipinski definition) is 1. The number of nitriles is 1. The fraction of sp³-hybridized carbons (Fsp3) is 0.150. The Kier molecular flexibility index (Phi) is 6.79. The number of rotatable bonds is 7. The highest BCUT2D eigenvalue weighted by molar-refractivity contribution is 7.98. The minimum absolute atomic E-state index is 0.0228. The van der Waals surface area contributed by atoms with Gasteiger partial charge in [0, 0.05) is 23.3 Å². The Morgan fingerprint density at radius 2 is 2.03 bits per heavy atom. The summed E-state index contributed by atoms with van der Waals surface area (Å²) in [5.41, 5.74) is 0.605. The van der Waals surface area contributed by atoms with Crippen LogP contribution in [0.5, 0.6) is 11.5 Å². The normalized spacial score (nSPS) is 10.4. The second-order valence-corrected chi connectivity index (χ2v) is 7.30. The highest BCUT2D eigenvalue weighted by atomic mass is 35.5. The van der Waals surface area contributed by atoms with Crippen molar-refractivity contribution in [3.05, 3.63) is 73.0 Å². The van der Waals surface area contributed by atoms with Crippen molar-refractivity contribution in [2.45, 2.75) is 11.8 Å². The summed E-state index contributed by atoms with van der Waals surface area (Å²) >= 11 is 7.33. The number of thioether (sulfide) groups is 1. The van der Waals surface area contributed by atoms with Crippen LogP contribution in [0.2, 0.25) is 5.02 Å². The molecule has 31 heavy (non-hydrogen) atoms. The number of benzene rings is 2. The van der Waals surface area contributed by atoms with E-state index in [-0.39, 0.29) is 34.3 Å². The Hall–Kier alpha value is -3.55. The first-order valence-corrected chi connectivity index (χ1v) is 10.3. The van der Waals surface area contributed by atoms with Gasteiger partial charge in [-0.05, 0) is 30.5 Å². The SMILES string of the molecule is COc1ccc(-c2nc(SC)[nH]c(=O)c2C#N)cc1COc1ccc([N+](=O)[O-])cc1Cl. The van der Waals surface area contributed by atoms with Crippen LogP contribution in [-0.2, 0) is 6.61 Å². The fourth-order valence-electron chi connectivity index (χ4n) is 2.78. The number of ether oxygens (including phenoxy) is 2. The molecule has 0 amide bonds. The monoisotopic (exact) mass is 458 g/mol. The first-order valence-electron chi connectivity index (χ1n) is 8.70. The molecule has 3 aromatic rings. The lowest BCUT2D eigenvalue weighted by Crippen LogP contribution is -2.14. The highest BCUT2D eigenvalue weighted by Crippen LogP contribution is 2.32. The van der Waals surface area contributed by atoms with E-state index < -0.39 is 10.5 Å². The zero-order valence-corrected chi connectivity index (χ0v) is 17.9. The van der Waals surface area contributed by atoms with Crippen LogP contribution in [0.4, 0.5) is 5.69 Å². The van der Waals surface area contributed by atoms with Crippen molar-refractivity contribution in [3.63, 3.8) is 0 Å². The second-order valence-electron chi connectivity index (χ2n) is 6.10. The van der Waals surface area contributed by atoms with Crippen molar-refractivity contribution in [2.24, 2.45) is 0 Å². The lowest BCUT2D eigenvalue weighted by atomic mass is 10.0. The molecule has 0 unspecified atom stereocenters. The zero-order valence-electron chi connectivity index (χ0n) is 16.3. The molecular weight excluding hydrogens is 444 g/mol. The number of halogens is 1. The average Bonchev–Trinajstić information content (AvgIpc) is 2.77. The minimum Gasteiger partial charge on any atom is -0.496 e. The van der Waals surface area contributed by atoms with E-state index in [1.54, 1.807) is 24.5 Å². The van der Waals surface area contributed by atoms with Crippen LogP contribution in [0.25, 0.3) is 11.3 Å². The number of methoxy groups -OCH3 is 1. The zero-order chi connectivity index (χ0) is 22.5. The third-order valence-corrected chi connectivity index (χ3v) is 5.14. The second kappa shape index (κ2) is 9.51. The lowest BCUT2D eigenvalue weighted by Gasteiger charge is -2.13. The molecule has 0 saturated heterocycles. The van der Waals surface area contributed by atoms with E-state index in [0.717, 1.165) is 0 Å². The Morgan fingerprint density at radius 3 is 2.65 bits per heavy atom. The molecule has 0 fully saturated rings. The molecule has 0 saturated carbocycles. The molecule has 0 radical (unpaired) electrons. The summed E-state index contributed by atoms with van der Waals surface area (Å²) in [5.74, 6) is 0.770. The Bertz CT molecular complexity index is 1260. The smallest absolute Gasteiger partial charge is 0.271 e.